The van der Waals surface area contributed by atoms with Crippen molar-refractivity contribution in [2.24, 2.45) is 0 Å². The van der Waals surface area contributed by atoms with Gasteiger partial charge in [-0.25, -0.2) is 17.9 Å². The van der Waals surface area contributed by atoms with Gasteiger partial charge in [0.2, 0.25) is 10.0 Å². The summed E-state index contributed by atoms with van der Waals surface area (Å²) in [5, 5.41) is 9.45. The Morgan fingerprint density at radius 1 is 1.28 bits per heavy atom. The Balaban J connectivity index is 1.71. The second kappa shape index (κ2) is 7.46. The standard InChI is InChI=1S/C15H21ClN4O4S/c16-11-7-12-13(19-15(22)18-12)8-14(11)25(23,24)17-4-6-20-5-2-1-3-10(20)9-21/h7-8,10,17,21H,1-6,9H2,(H2,18,19,22)/t10-/m0/s1. The van der Waals surface area contributed by atoms with E-state index in [-0.39, 0.29) is 29.1 Å². The zero-order chi connectivity index (χ0) is 18.0. The van der Waals surface area contributed by atoms with E-state index in [1.54, 1.807) is 0 Å². The maximum Gasteiger partial charge on any atom is 0.323 e. The van der Waals surface area contributed by atoms with Gasteiger partial charge in [-0.05, 0) is 31.5 Å². The van der Waals surface area contributed by atoms with Gasteiger partial charge in [-0.15, -0.1) is 0 Å². The number of benzene rings is 1. The molecule has 4 N–H and O–H groups in total. The molecule has 3 rings (SSSR count). The van der Waals surface area contributed by atoms with Crippen molar-refractivity contribution < 1.29 is 13.5 Å². The molecule has 2 heterocycles. The Bertz CT molecular complexity index is 908. The number of sulfonamides is 1. The van der Waals surface area contributed by atoms with Crippen LogP contribution in [-0.2, 0) is 10.0 Å². The highest BCUT2D eigenvalue weighted by Gasteiger charge is 2.23. The fourth-order valence-corrected chi connectivity index (χ4v) is 4.78. The van der Waals surface area contributed by atoms with Crippen LogP contribution < -0.4 is 10.4 Å². The topological polar surface area (TPSA) is 118 Å². The summed E-state index contributed by atoms with van der Waals surface area (Å²) in [7, 11) is -3.81. The van der Waals surface area contributed by atoms with E-state index >= 15 is 0 Å². The number of halogens is 1. The number of rotatable bonds is 6. The number of hydrogen-bond donors (Lipinski definition) is 4. The first-order chi connectivity index (χ1) is 11.9. The molecule has 0 saturated carbocycles. The van der Waals surface area contributed by atoms with E-state index in [2.05, 4.69) is 19.6 Å². The summed E-state index contributed by atoms with van der Waals surface area (Å²) in [4.78, 5) is 18.4. The first-order valence-electron chi connectivity index (χ1n) is 8.17. The lowest BCUT2D eigenvalue weighted by molar-refractivity contribution is 0.0923. The third kappa shape index (κ3) is 4.06. The summed E-state index contributed by atoms with van der Waals surface area (Å²) in [6.45, 7) is 1.67. The molecule has 10 heteroatoms. The molecular formula is C15H21ClN4O4S. The molecule has 1 aliphatic rings. The van der Waals surface area contributed by atoms with Gasteiger partial charge in [-0.1, -0.05) is 18.0 Å². The van der Waals surface area contributed by atoms with Gasteiger partial charge in [0.15, 0.2) is 0 Å². The van der Waals surface area contributed by atoms with E-state index in [1.165, 1.54) is 12.1 Å². The summed E-state index contributed by atoms with van der Waals surface area (Å²) in [6, 6.07) is 2.84. The van der Waals surface area contributed by atoms with Crippen molar-refractivity contribution in [1.82, 2.24) is 19.6 Å². The molecule has 1 atom stereocenters. The predicted molar refractivity (Wildman–Crippen MR) is 95.4 cm³/mol. The van der Waals surface area contributed by atoms with Crippen LogP contribution in [0.2, 0.25) is 5.02 Å². The van der Waals surface area contributed by atoms with Crippen LogP contribution in [0.25, 0.3) is 11.0 Å². The average molecular weight is 389 g/mol. The third-order valence-corrected chi connectivity index (χ3v) is 6.43. The quantitative estimate of drug-likeness (QED) is 0.579. The van der Waals surface area contributed by atoms with Crippen molar-refractivity contribution in [1.29, 1.82) is 0 Å². The molecule has 8 nitrogen and oxygen atoms in total. The van der Waals surface area contributed by atoms with Gasteiger partial charge in [0.1, 0.15) is 4.90 Å². The minimum Gasteiger partial charge on any atom is -0.395 e. The van der Waals surface area contributed by atoms with Crippen LogP contribution in [0.5, 0.6) is 0 Å². The lowest BCUT2D eigenvalue weighted by atomic mass is 10.0. The second-order valence-corrected chi connectivity index (χ2v) is 8.32. The Labute approximate surface area is 150 Å². The number of fused-ring (bicyclic) bond motifs is 1. The van der Waals surface area contributed by atoms with Crippen LogP contribution in [0.1, 0.15) is 19.3 Å². The van der Waals surface area contributed by atoms with Crippen molar-refractivity contribution in [3.8, 4) is 0 Å². The van der Waals surface area contributed by atoms with E-state index in [9.17, 15) is 18.3 Å². The number of aromatic amines is 2. The molecule has 0 aliphatic carbocycles. The highest BCUT2D eigenvalue weighted by Crippen LogP contribution is 2.25. The molecule has 25 heavy (non-hydrogen) atoms. The smallest absolute Gasteiger partial charge is 0.323 e. The second-order valence-electron chi connectivity index (χ2n) is 6.17. The SMILES string of the molecule is O=c1[nH]c2cc(Cl)c(S(=O)(=O)NCCN3CCCC[C@H]3CO)cc2[nH]1. The number of H-pyrrole nitrogens is 2. The van der Waals surface area contributed by atoms with Gasteiger partial charge in [-0.2, -0.15) is 0 Å². The molecule has 1 fully saturated rings. The number of likely N-dealkylation sites (tertiary alicyclic amines) is 1. The van der Waals surface area contributed by atoms with Gasteiger partial charge in [-0.3, -0.25) is 4.90 Å². The molecule has 138 valence electrons. The minimum atomic E-state index is -3.81. The maximum atomic E-state index is 12.5. The van der Waals surface area contributed by atoms with E-state index in [1.807, 2.05) is 0 Å². The molecule has 1 saturated heterocycles. The summed E-state index contributed by atoms with van der Waals surface area (Å²) in [5.41, 5.74) is 0.410. The summed E-state index contributed by atoms with van der Waals surface area (Å²) < 4.78 is 27.6. The molecule has 1 aliphatic heterocycles. The Morgan fingerprint density at radius 2 is 2.00 bits per heavy atom. The van der Waals surface area contributed by atoms with Crippen molar-refractivity contribution in [2.75, 3.05) is 26.2 Å². The Morgan fingerprint density at radius 3 is 2.72 bits per heavy atom. The molecular weight excluding hydrogens is 368 g/mol. The number of nitrogens with one attached hydrogen (secondary N) is 3. The Kier molecular flexibility index (Phi) is 5.49. The summed E-state index contributed by atoms with van der Waals surface area (Å²) in [5.74, 6) is 0. The van der Waals surface area contributed by atoms with Crippen molar-refractivity contribution in [3.05, 3.63) is 27.6 Å². The fraction of sp³-hybridized carbons (Fsp3) is 0.533. The number of aromatic nitrogens is 2. The minimum absolute atomic E-state index is 0.0430. The van der Waals surface area contributed by atoms with Gasteiger partial charge in [0.25, 0.3) is 0 Å². The number of imidazole rings is 1. The highest BCUT2D eigenvalue weighted by molar-refractivity contribution is 7.89. The molecule has 0 spiro atoms. The van der Waals surface area contributed by atoms with Crippen LogP contribution in [0.15, 0.2) is 21.8 Å². The number of hydrogen-bond acceptors (Lipinski definition) is 5. The molecule has 0 radical (unpaired) electrons. The van der Waals surface area contributed by atoms with E-state index in [0.717, 1.165) is 25.8 Å². The van der Waals surface area contributed by atoms with Gasteiger partial charge < -0.3 is 15.1 Å². The monoisotopic (exact) mass is 388 g/mol. The number of aliphatic hydroxyl groups is 1. The molecule has 1 aromatic heterocycles. The average Bonchev–Trinajstić information content (AvgIpc) is 2.93. The van der Waals surface area contributed by atoms with Crippen LogP contribution in [0.3, 0.4) is 0 Å². The molecule has 2 aromatic rings. The molecule has 0 amide bonds. The number of piperidine rings is 1. The first-order valence-corrected chi connectivity index (χ1v) is 10.0. The Hall–Kier alpha value is -1.39. The van der Waals surface area contributed by atoms with Crippen LogP contribution in [0, 0.1) is 0 Å². The summed E-state index contributed by atoms with van der Waals surface area (Å²) >= 11 is 6.07. The fourth-order valence-electron chi connectivity index (χ4n) is 3.20. The summed E-state index contributed by atoms with van der Waals surface area (Å²) in [6.07, 6.45) is 3.05. The molecule has 0 unspecified atom stereocenters. The lowest BCUT2D eigenvalue weighted by Gasteiger charge is -2.34. The molecule has 0 bridgehead atoms. The third-order valence-electron chi connectivity index (χ3n) is 4.51. The number of aliphatic hydroxyl groups excluding tert-OH is 1. The maximum absolute atomic E-state index is 12.5. The number of nitrogens with zero attached hydrogens (tertiary/aromatic N) is 1. The van der Waals surface area contributed by atoms with E-state index < -0.39 is 15.7 Å². The molecule has 1 aromatic carbocycles. The van der Waals surface area contributed by atoms with Crippen LogP contribution in [-0.4, -0.2) is 60.7 Å². The van der Waals surface area contributed by atoms with Crippen molar-refractivity contribution in [2.45, 2.75) is 30.2 Å². The van der Waals surface area contributed by atoms with Gasteiger partial charge in [0.05, 0.1) is 22.7 Å². The highest BCUT2D eigenvalue weighted by atomic mass is 35.5. The van der Waals surface area contributed by atoms with Crippen LogP contribution >= 0.6 is 11.6 Å². The van der Waals surface area contributed by atoms with Crippen molar-refractivity contribution in [3.63, 3.8) is 0 Å². The lowest BCUT2D eigenvalue weighted by Crippen LogP contribution is -2.45. The van der Waals surface area contributed by atoms with E-state index in [4.69, 9.17) is 11.6 Å². The largest absolute Gasteiger partial charge is 0.395 e. The van der Waals surface area contributed by atoms with Gasteiger partial charge >= 0.3 is 5.69 Å². The normalized spacial score (nSPS) is 19.5. The first kappa shape index (κ1) is 18.4. The van der Waals surface area contributed by atoms with Crippen LogP contribution in [0.4, 0.5) is 0 Å². The zero-order valence-electron chi connectivity index (χ0n) is 13.6. The van der Waals surface area contributed by atoms with Gasteiger partial charge in [0, 0.05) is 19.1 Å². The van der Waals surface area contributed by atoms with E-state index in [0.29, 0.717) is 17.6 Å². The predicted octanol–water partition coefficient (Wildman–Crippen LogP) is 0.635. The zero-order valence-corrected chi connectivity index (χ0v) is 15.2. The van der Waals surface area contributed by atoms with Crippen molar-refractivity contribution >= 4 is 32.7 Å².